The molecule has 0 saturated carbocycles. The van der Waals surface area contributed by atoms with E-state index in [0.29, 0.717) is 22.2 Å². The summed E-state index contributed by atoms with van der Waals surface area (Å²) in [5.74, 6) is 0.954. The van der Waals surface area contributed by atoms with Crippen molar-refractivity contribution in [1.29, 1.82) is 0 Å². The van der Waals surface area contributed by atoms with Gasteiger partial charge >= 0.3 is 0 Å². The minimum Gasteiger partial charge on any atom is -0.493 e. The number of furan rings is 1. The number of hydrogen-bond donors (Lipinski definition) is 1. The van der Waals surface area contributed by atoms with E-state index < -0.39 is 0 Å². The van der Waals surface area contributed by atoms with Gasteiger partial charge in [-0.1, -0.05) is 30.4 Å². The number of fused-ring (bicyclic) bond motifs is 1. The largest absolute Gasteiger partial charge is 0.493 e. The van der Waals surface area contributed by atoms with Crippen molar-refractivity contribution in [3.05, 3.63) is 41.1 Å². The maximum atomic E-state index is 11.9. The maximum absolute atomic E-state index is 11.9. The number of benzene rings is 1. The summed E-state index contributed by atoms with van der Waals surface area (Å²) in [7, 11) is 1.59. The lowest BCUT2D eigenvalue weighted by atomic mass is 10.2. The number of nitrogens with zero attached hydrogens (tertiary/aromatic N) is 2. The number of anilines is 1. The Morgan fingerprint density at radius 2 is 2.30 bits per heavy atom. The third-order valence-corrected chi connectivity index (χ3v) is 4.13. The van der Waals surface area contributed by atoms with E-state index in [-0.39, 0.29) is 5.91 Å². The monoisotopic (exact) mass is 329 g/mol. The van der Waals surface area contributed by atoms with Crippen LogP contribution in [0.1, 0.15) is 17.7 Å². The molecule has 0 aliphatic rings. The van der Waals surface area contributed by atoms with Crippen LogP contribution < -0.4 is 10.1 Å². The Bertz CT molecular complexity index is 866. The Hall–Kier alpha value is -2.67. The molecule has 3 rings (SSSR count). The van der Waals surface area contributed by atoms with Crippen LogP contribution in [0.3, 0.4) is 0 Å². The molecule has 2 heterocycles. The van der Waals surface area contributed by atoms with Gasteiger partial charge in [-0.2, -0.15) is 0 Å². The second-order valence-corrected chi connectivity index (χ2v) is 5.77. The van der Waals surface area contributed by atoms with Gasteiger partial charge in [0.05, 0.1) is 7.11 Å². The Morgan fingerprint density at radius 3 is 3.04 bits per heavy atom. The summed E-state index contributed by atoms with van der Waals surface area (Å²) < 4.78 is 10.9. The van der Waals surface area contributed by atoms with Crippen molar-refractivity contribution in [1.82, 2.24) is 10.2 Å². The first-order valence-electron chi connectivity index (χ1n) is 7.07. The lowest BCUT2D eigenvalue weighted by Crippen LogP contribution is -2.07. The second-order valence-electron chi connectivity index (χ2n) is 4.70. The summed E-state index contributed by atoms with van der Waals surface area (Å²) >= 11 is 1.36. The number of nitrogens with one attached hydrogen (secondary N) is 1. The van der Waals surface area contributed by atoms with Crippen molar-refractivity contribution in [2.45, 2.75) is 13.3 Å². The number of carbonyl (C=O) groups is 1. The summed E-state index contributed by atoms with van der Waals surface area (Å²) in [4.78, 5) is 11.9. The van der Waals surface area contributed by atoms with Crippen LogP contribution in [-0.2, 0) is 11.2 Å². The van der Waals surface area contributed by atoms with E-state index in [4.69, 9.17) is 9.15 Å². The van der Waals surface area contributed by atoms with Crippen LogP contribution in [0.4, 0.5) is 5.13 Å². The van der Waals surface area contributed by atoms with Gasteiger partial charge in [-0.05, 0) is 24.6 Å². The molecule has 0 spiro atoms. The summed E-state index contributed by atoms with van der Waals surface area (Å²) in [5, 5.41) is 12.8. The van der Waals surface area contributed by atoms with Crippen molar-refractivity contribution in [2.24, 2.45) is 0 Å². The molecule has 0 saturated heterocycles. The summed E-state index contributed by atoms with van der Waals surface area (Å²) in [5.41, 5.74) is 0.659. The highest BCUT2D eigenvalue weighted by atomic mass is 32.1. The maximum Gasteiger partial charge on any atom is 0.250 e. The Labute approximate surface area is 136 Å². The molecule has 2 aromatic heterocycles. The zero-order valence-corrected chi connectivity index (χ0v) is 13.5. The molecular formula is C16H15N3O3S. The van der Waals surface area contributed by atoms with Crippen molar-refractivity contribution in [3.8, 4) is 5.75 Å². The first-order valence-corrected chi connectivity index (χ1v) is 7.89. The fourth-order valence-electron chi connectivity index (χ4n) is 2.05. The van der Waals surface area contributed by atoms with Gasteiger partial charge in [-0.15, -0.1) is 10.2 Å². The summed E-state index contributed by atoms with van der Waals surface area (Å²) in [6.07, 6.45) is 3.80. The number of rotatable bonds is 5. The smallest absolute Gasteiger partial charge is 0.250 e. The summed E-state index contributed by atoms with van der Waals surface area (Å²) in [6.45, 7) is 1.99. The van der Waals surface area contributed by atoms with Gasteiger partial charge in [0.1, 0.15) is 10.8 Å². The van der Waals surface area contributed by atoms with E-state index in [0.717, 1.165) is 16.8 Å². The zero-order chi connectivity index (χ0) is 16.2. The van der Waals surface area contributed by atoms with Crippen molar-refractivity contribution in [2.75, 3.05) is 12.4 Å². The Morgan fingerprint density at radius 1 is 1.43 bits per heavy atom. The van der Waals surface area contributed by atoms with Crippen molar-refractivity contribution < 1.29 is 13.9 Å². The molecular weight excluding hydrogens is 314 g/mol. The molecule has 1 aromatic carbocycles. The minimum absolute atomic E-state index is 0.281. The molecule has 1 N–H and O–H groups in total. The number of methoxy groups -OCH3 is 1. The van der Waals surface area contributed by atoms with Crippen LogP contribution >= 0.6 is 11.3 Å². The SMILES string of the molecule is CCc1nnc(NC(=O)C=Cc2cc3cccc(OC)c3o2)s1. The van der Waals surface area contributed by atoms with Gasteiger partial charge in [0.25, 0.3) is 0 Å². The average Bonchev–Trinajstić information content (AvgIpc) is 3.18. The highest BCUT2D eigenvalue weighted by molar-refractivity contribution is 7.15. The van der Waals surface area contributed by atoms with Crippen LogP contribution in [-0.4, -0.2) is 23.2 Å². The number of ether oxygens (including phenoxy) is 1. The number of amides is 1. The van der Waals surface area contributed by atoms with Gasteiger partial charge in [0, 0.05) is 11.5 Å². The fraction of sp³-hybridized carbons (Fsp3) is 0.188. The molecule has 0 fully saturated rings. The van der Waals surface area contributed by atoms with Gasteiger partial charge in [0.15, 0.2) is 11.3 Å². The first-order chi connectivity index (χ1) is 11.2. The standard InChI is InChI=1S/C16H15N3O3S/c1-3-14-18-19-16(23-14)17-13(20)8-7-11-9-10-5-4-6-12(21-2)15(10)22-11/h4-9H,3H2,1-2H3,(H,17,19,20). The Kier molecular flexibility index (Phi) is 4.38. The number of hydrogen-bond acceptors (Lipinski definition) is 6. The van der Waals surface area contributed by atoms with E-state index in [9.17, 15) is 4.79 Å². The third kappa shape index (κ3) is 3.40. The molecule has 6 nitrogen and oxygen atoms in total. The third-order valence-electron chi connectivity index (χ3n) is 3.15. The van der Waals surface area contributed by atoms with Crippen LogP contribution in [0.15, 0.2) is 34.8 Å². The second kappa shape index (κ2) is 6.62. The van der Waals surface area contributed by atoms with E-state index >= 15 is 0 Å². The molecule has 118 valence electrons. The molecule has 0 radical (unpaired) electrons. The Balaban J connectivity index is 1.73. The highest BCUT2D eigenvalue weighted by Crippen LogP contribution is 2.28. The highest BCUT2D eigenvalue weighted by Gasteiger charge is 2.08. The minimum atomic E-state index is -0.281. The van der Waals surface area contributed by atoms with Crippen LogP contribution in [0.25, 0.3) is 17.0 Å². The molecule has 1 amide bonds. The normalized spacial score (nSPS) is 11.2. The molecule has 7 heteroatoms. The zero-order valence-electron chi connectivity index (χ0n) is 12.7. The van der Waals surface area contributed by atoms with Crippen molar-refractivity contribution >= 4 is 39.4 Å². The van der Waals surface area contributed by atoms with Crippen LogP contribution in [0.2, 0.25) is 0 Å². The number of aromatic nitrogens is 2. The molecule has 23 heavy (non-hydrogen) atoms. The molecule has 0 unspecified atom stereocenters. The van der Waals surface area contributed by atoms with Gasteiger partial charge < -0.3 is 9.15 Å². The van der Waals surface area contributed by atoms with E-state index in [1.54, 1.807) is 13.2 Å². The first kappa shape index (κ1) is 15.2. The molecule has 0 bridgehead atoms. The lowest BCUT2D eigenvalue weighted by molar-refractivity contribution is -0.111. The fourth-order valence-corrected chi connectivity index (χ4v) is 2.73. The van der Waals surface area contributed by atoms with E-state index in [1.807, 2.05) is 31.2 Å². The predicted octanol–water partition coefficient (Wildman–Crippen LogP) is 3.51. The van der Waals surface area contributed by atoms with Crippen LogP contribution in [0.5, 0.6) is 5.75 Å². The molecule has 0 aliphatic heterocycles. The number of carbonyl (C=O) groups excluding carboxylic acids is 1. The predicted molar refractivity (Wildman–Crippen MR) is 89.7 cm³/mol. The topological polar surface area (TPSA) is 77.2 Å². The number of para-hydroxylation sites is 1. The van der Waals surface area contributed by atoms with Crippen molar-refractivity contribution in [3.63, 3.8) is 0 Å². The molecule has 0 aliphatic carbocycles. The quantitative estimate of drug-likeness (QED) is 0.725. The van der Waals surface area contributed by atoms with Crippen LogP contribution in [0, 0.1) is 0 Å². The summed E-state index contributed by atoms with van der Waals surface area (Å²) in [6, 6.07) is 7.48. The molecule has 3 aromatic rings. The van der Waals surface area contributed by atoms with Gasteiger partial charge in [-0.3, -0.25) is 10.1 Å². The lowest BCUT2D eigenvalue weighted by Gasteiger charge is -1.98. The molecule has 0 atom stereocenters. The van der Waals surface area contributed by atoms with Gasteiger partial charge in [-0.25, -0.2) is 0 Å². The average molecular weight is 329 g/mol. The number of aryl methyl sites for hydroxylation is 1. The van der Waals surface area contributed by atoms with E-state index in [2.05, 4.69) is 15.5 Å². The van der Waals surface area contributed by atoms with Gasteiger partial charge in [0.2, 0.25) is 11.0 Å². The van der Waals surface area contributed by atoms with E-state index in [1.165, 1.54) is 17.4 Å².